The normalized spacial score (nSPS) is 12.0. The van der Waals surface area contributed by atoms with E-state index in [4.69, 9.17) is 5.11 Å². The summed E-state index contributed by atoms with van der Waals surface area (Å²) < 4.78 is 0. The lowest BCUT2D eigenvalue weighted by Gasteiger charge is -2.04. The second-order valence-corrected chi connectivity index (χ2v) is 2.78. The fourth-order valence-corrected chi connectivity index (χ4v) is 0. The summed E-state index contributed by atoms with van der Waals surface area (Å²) in [4.78, 5) is 0. The lowest BCUT2D eigenvalue weighted by atomic mass is 10.5. The van der Waals surface area contributed by atoms with Crippen LogP contribution in [0.15, 0.2) is 0 Å². The van der Waals surface area contributed by atoms with Crippen LogP contribution < -0.4 is 0 Å². The Balaban J connectivity index is 3.02. The zero-order chi connectivity index (χ0) is 4.50. The maximum atomic E-state index is 8.43. The number of rotatable bonds is 0. The van der Waals surface area contributed by atoms with Crippen molar-refractivity contribution in [2.75, 3.05) is 0 Å². The molecule has 1 N–H and O–H groups in total. The number of hydrogen-bond acceptors (Lipinski definition) is 1. The van der Waals surface area contributed by atoms with Gasteiger partial charge in [-0.3, -0.25) is 0 Å². The highest BCUT2D eigenvalue weighted by Crippen LogP contribution is 1.87. The van der Waals surface area contributed by atoms with E-state index in [1.54, 1.807) is 13.8 Å². The Bertz CT molecular complexity index is 22.4. The third kappa shape index (κ3) is 633. The molecule has 2 heteroatoms. The van der Waals surface area contributed by atoms with Crippen LogP contribution in [0.3, 0.4) is 0 Å². The Hall–Kier alpha value is 0.177. The highest BCUT2D eigenvalue weighted by Gasteiger charge is 1.98. The first-order chi connectivity index (χ1) is 2.00. The Morgan fingerprint density at radius 1 is 1.60 bits per heavy atom. The molecule has 0 amide bonds. The van der Waals surface area contributed by atoms with Crippen molar-refractivity contribution >= 4 is 10.2 Å². The van der Waals surface area contributed by atoms with E-state index in [0.29, 0.717) is 0 Å². The summed E-state index contributed by atoms with van der Waals surface area (Å²) in [5.74, 6) is 0. The second kappa shape index (κ2) is 1.10. The van der Waals surface area contributed by atoms with Gasteiger partial charge in [0.25, 0.3) is 0 Å². The maximum absolute atomic E-state index is 8.43. The molecule has 3 radical (unpaired) electrons. The van der Waals surface area contributed by atoms with E-state index in [9.17, 15) is 0 Å². The zero-order valence-electron chi connectivity index (χ0n) is 3.45. The molecular weight excluding hydrogens is 80.1 g/mol. The molecule has 0 heterocycles. The van der Waals surface area contributed by atoms with Crippen molar-refractivity contribution in [3.63, 3.8) is 0 Å². The SMILES string of the molecule is CC(C)(O)[Si]. The van der Waals surface area contributed by atoms with Crippen LogP contribution in [-0.4, -0.2) is 20.6 Å². The summed E-state index contributed by atoms with van der Waals surface area (Å²) in [7, 11) is 2.97. The first-order valence-electron chi connectivity index (χ1n) is 1.47. The fourth-order valence-electron chi connectivity index (χ4n) is 0. The van der Waals surface area contributed by atoms with Crippen molar-refractivity contribution in [3.05, 3.63) is 0 Å². The van der Waals surface area contributed by atoms with Crippen molar-refractivity contribution < 1.29 is 5.11 Å². The van der Waals surface area contributed by atoms with E-state index in [1.165, 1.54) is 0 Å². The van der Waals surface area contributed by atoms with Crippen LogP contribution in [0.2, 0.25) is 0 Å². The van der Waals surface area contributed by atoms with Crippen LogP contribution in [0.25, 0.3) is 0 Å². The average molecular weight is 87.2 g/mol. The van der Waals surface area contributed by atoms with Gasteiger partial charge in [-0.2, -0.15) is 0 Å². The van der Waals surface area contributed by atoms with Crippen LogP contribution >= 0.6 is 0 Å². The predicted molar refractivity (Wildman–Crippen MR) is 22.1 cm³/mol. The first kappa shape index (κ1) is 5.18. The molecule has 1 nitrogen and oxygen atoms in total. The summed E-state index contributed by atoms with van der Waals surface area (Å²) >= 11 is 0. The molecule has 0 aliphatic carbocycles. The third-order valence-electron chi connectivity index (χ3n) is 0. The van der Waals surface area contributed by atoms with E-state index in [1.807, 2.05) is 0 Å². The molecule has 0 unspecified atom stereocenters. The summed E-state index contributed by atoms with van der Waals surface area (Å²) in [5, 5.41) is 7.74. The molecule has 5 heavy (non-hydrogen) atoms. The van der Waals surface area contributed by atoms with Crippen LogP contribution in [0, 0.1) is 0 Å². The minimum Gasteiger partial charge on any atom is -0.395 e. The second-order valence-electron chi connectivity index (χ2n) is 1.56. The lowest BCUT2D eigenvalue weighted by molar-refractivity contribution is 0.170. The molecule has 0 aromatic carbocycles. The molecule has 0 atom stereocenters. The Morgan fingerprint density at radius 3 is 1.60 bits per heavy atom. The van der Waals surface area contributed by atoms with Crippen LogP contribution in [-0.2, 0) is 0 Å². The van der Waals surface area contributed by atoms with Gasteiger partial charge < -0.3 is 5.11 Å². The van der Waals surface area contributed by atoms with Gasteiger partial charge in [0, 0.05) is 5.22 Å². The van der Waals surface area contributed by atoms with E-state index in [2.05, 4.69) is 10.2 Å². The van der Waals surface area contributed by atoms with Gasteiger partial charge in [-0.05, 0) is 13.8 Å². The topological polar surface area (TPSA) is 20.2 Å². The Labute approximate surface area is 35.4 Å². The number of aliphatic hydroxyl groups is 1. The zero-order valence-corrected chi connectivity index (χ0v) is 4.45. The molecule has 0 bridgehead atoms. The third-order valence-corrected chi connectivity index (χ3v) is 0. The molecule has 0 aliphatic rings. The fraction of sp³-hybridized carbons (Fsp3) is 1.00. The van der Waals surface area contributed by atoms with E-state index >= 15 is 0 Å². The van der Waals surface area contributed by atoms with Gasteiger partial charge in [-0.15, -0.1) is 0 Å². The quantitative estimate of drug-likeness (QED) is 0.408. The molecule has 0 fully saturated rings. The highest BCUT2D eigenvalue weighted by atomic mass is 28.1. The molecule has 0 saturated carbocycles. The predicted octanol–water partition coefficient (Wildman–Crippen LogP) is -0.117. The molecule has 0 saturated heterocycles. The van der Waals surface area contributed by atoms with Crippen molar-refractivity contribution in [1.82, 2.24) is 0 Å². The van der Waals surface area contributed by atoms with E-state index < -0.39 is 5.22 Å². The van der Waals surface area contributed by atoms with Crippen molar-refractivity contribution in [1.29, 1.82) is 0 Å². The van der Waals surface area contributed by atoms with Crippen LogP contribution in [0.5, 0.6) is 0 Å². The molecule has 29 valence electrons. The van der Waals surface area contributed by atoms with E-state index in [-0.39, 0.29) is 0 Å². The minimum absolute atomic E-state index is 0.694. The maximum Gasteiger partial charge on any atom is 0.0693 e. The van der Waals surface area contributed by atoms with E-state index in [0.717, 1.165) is 0 Å². The summed E-state index contributed by atoms with van der Waals surface area (Å²) in [5.41, 5.74) is 0. The van der Waals surface area contributed by atoms with Crippen molar-refractivity contribution in [2.45, 2.75) is 19.1 Å². The molecule has 0 aromatic rings. The van der Waals surface area contributed by atoms with Crippen LogP contribution in [0.4, 0.5) is 0 Å². The largest absolute Gasteiger partial charge is 0.395 e. The summed E-state index contributed by atoms with van der Waals surface area (Å²) in [6.07, 6.45) is 0. The Kier molecular flexibility index (Phi) is 1.14. The first-order valence-corrected chi connectivity index (χ1v) is 1.97. The minimum atomic E-state index is -0.694. The standard InChI is InChI=1S/C3H7OSi/c1-3(2,4)5/h4H,1-2H3. The molecule has 0 rings (SSSR count). The van der Waals surface area contributed by atoms with Gasteiger partial charge in [-0.1, -0.05) is 0 Å². The van der Waals surface area contributed by atoms with Gasteiger partial charge >= 0.3 is 0 Å². The molecule has 0 aliphatic heterocycles. The molecule has 0 spiro atoms. The van der Waals surface area contributed by atoms with Gasteiger partial charge in [0.15, 0.2) is 0 Å². The number of hydrogen-bond donors (Lipinski definition) is 1. The monoisotopic (exact) mass is 87.0 g/mol. The van der Waals surface area contributed by atoms with Gasteiger partial charge in [0.2, 0.25) is 0 Å². The lowest BCUT2D eigenvalue weighted by Crippen LogP contribution is -2.16. The van der Waals surface area contributed by atoms with Gasteiger partial charge in [0.05, 0.1) is 10.2 Å². The summed E-state index contributed by atoms with van der Waals surface area (Å²) in [6.45, 7) is 3.31. The van der Waals surface area contributed by atoms with Crippen molar-refractivity contribution in [3.8, 4) is 0 Å². The highest BCUT2D eigenvalue weighted by molar-refractivity contribution is 6.13. The molecular formula is C3H7OSi. The van der Waals surface area contributed by atoms with Crippen LogP contribution in [0.1, 0.15) is 13.8 Å². The van der Waals surface area contributed by atoms with Gasteiger partial charge in [-0.25, -0.2) is 0 Å². The van der Waals surface area contributed by atoms with Crippen molar-refractivity contribution in [2.24, 2.45) is 0 Å². The molecule has 0 aromatic heterocycles. The van der Waals surface area contributed by atoms with Gasteiger partial charge in [0.1, 0.15) is 0 Å². The summed E-state index contributed by atoms with van der Waals surface area (Å²) in [6, 6.07) is 0. The average Bonchev–Trinajstić information content (AvgIpc) is 0.722. The Morgan fingerprint density at radius 2 is 1.60 bits per heavy atom. The smallest absolute Gasteiger partial charge is 0.0693 e.